The predicted octanol–water partition coefficient (Wildman–Crippen LogP) is 3.09. The molecule has 22 heavy (non-hydrogen) atoms. The largest absolute Gasteiger partial charge is 0.383 e. The summed E-state index contributed by atoms with van der Waals surface area (Å²) in [5, 5.41) is 0. The van der Waals surface area contributed by atoms with Gasteiger partial charge in [-0.2, -0.15) is 0 Å². The van der Waals surface area contributed by atoms with Gasteiger partial charge in [0.25, 0.3) is 5.91 Å². The lowest BCUT2D eigenvalue weighted by atomic mass is 10.3. The zero-order valence-corrected chi connectivity index (χ0v) is 14.8. The molecule has 8 heteroatoms. The van der Waals surface area contributed by atoms with E-state index in [1.54, 1.807) is 9.47 Å². The van der Waals surface area contributed by atoms with Crippen LogP contribution in [0.4, 0.5) is 5.82 Å². The van der Waals surface area contributed by atoms with Crippen molar-refractivity contribution < 1.29 is 9.53 Å². The van der Waals surface area contributed by atoms with Gasteiger partial charge in [-0.25, -0.2) is 0 Å². The minimum atomic E-state index is -0.0761. The molecule has 1 aliphatic rings. The molecule has 0 unspecified atom stereocenters. The van der Waals surface area contributed by atoms with Crippen LogP contribution in [0.15, 0.2) is 28.7 Å². The smallest absolute Gasteiger partial charge is 0.267 e. The van der Waals surface area contributed by atoms with Gasteiger partial charge >= 0.3 is 0 Å². The number of carbonyl (C=O) groups excluding carboxylic acids is 1. The van der Waals surface area contributed by atoms with E-state index in [4.69, 9.17) is 22.7 Å². The maximum atomic E-state index is 12.6. The number of nitrogens with zero attached hydrogens (tertiary/aromatic N) is 2. The molecule has 116 valence electrons. The summed E-state index contributed by atoms with van der Waals surface area (Å²) < 4.78 is 8.55. The van der Waals surface area contributed by atoms with Crippen LogP contribution in [-0.2, 0) is 4.74 Å². The van der Waals surface area contributed by atoms with Crippen LogP contribution in [-0.4, -0.2) is 41.7 Å². The number of nitrogens with two attached hydrogens (primary N) is 1. The Morgan fingerprint density at radius 3 is 2.55 bits per heavy atom. The van der Waals surface area contributed by atoms with E-state index >= 15 is 0 Å². The minimum absolute atomic E-state index is 0.0761. The van der Waals surface area contributed by atoms with Crippen molar-refractivity contribution in [3.8, 4) is 5.69 Å². The number of thiazole rings is 1. The highest BCUT2D eigenvalue weighted by atomic mass is 79.9. The third kappa shape index (κ3) is 2.96. The first-order valence-corrected chi connectivity index (χ1v) is 8.74. The summed E-state index contributed by atoms with van der Waals surface area (Å²) in [4.78, 5) is 14.9. The summed E-state index contributed by atoms with van der Waals surface area (Å²) in [6.07, 6.45) is 0. The van der Waals surface area contributed by atoms with Gasteiger partial charge in [-0.3, -0.25) is 9.36 Å². The number of hydrogen-bond donors (Lipinski definition) is 1. The van der Waals surface area contributed by atoms with Crippen LogP contribution in [0.2, 0.25) is 0 Å². The molecular weight excluding hydrogens is 386 g/mol. The Labute approximate surface area is 145 Å². The zero-order chi connectivity index (χ0) is 15.7. The number of halogens is 1. The topological polar surface area (TPSA) is 60.5 Å². The van der Waals surface area contributed by atoms with Gasteiger partial charge in [0, 0.05) is 23.2 Å². The summed E-state index contributed by atoms with van der Waals surface area (Å²) in [5.41, 5.74) is 7.05. The van der Waals surface area contributed by atoms with Crippen molar-refractivity contribution in [3.63, 3.8) is 0 Å². The SMILES string of the molecule is Nc1c(C(=O)N2CCOCC2)sc(=S)n1-c1ccc(Br)cc1. The van der Waals surface area contributed by atoms with Gasteiger partial charge in [-0.05, 0) is 36.5 Å². The van der Waals surface area contributed by atoms with Crippen molar-refractivity contribution in [1.82, 2.24) is 9.47 Å². The summed E-state index contributed by atoms with van der Waals surface area (Å²) in [6.45, 7) is 2.29. The third-order valence-corrected chi connectivity index (χ3v) is 5.33. The van der Waals surface area contributed by atoms with E-state index in [2.05, 4.69) is 15.9 Å². The number of anilines is 1. The number of ether oxygens (including phenoxy) is 1. The van der Waals surface area contributed by atoms with Crippen molar-refractivity contribution in [3.05, 3.63) is 37.6 Å². The summed E-state index contributed by atoms with van der Waals surface area (Å²) in [7, 11) is 0. The fourth-order valence-electron chi connectivity index (χ4n) is 2.28. The molecule has 1 saturated heterocycles. The van der Waals surface area contributed by atoms with Crippen molar-refractivity contribution in [1.29, 1.82) is 0 Å². The van der Waals surface area contributed by atoms with Gasteiger partial charge in [-0.15, -0.1) is 0 Å². The molecule has 1 fully saturated rings. The second kappa shape index (κ2) is 6.49. The molecule has 0 atom stereocenters. The second-order valence-electron chi connectivity index (χ2n) is 4.80. The highest BCUT2D eigenvalue weighted by molar-refractivity contribution is 9.10. The number of aromatic nitrogens is 1. The number of amides is 1. The van der Waals surface area contributed by atoms with Crippen LogP contribution < -0.4 is 5.73 Å². The van der Waals surface area contributed by atoms with Crippen LogP contribution in [0.1, 0.15) is 9.67 Å². The van der Waals surface area contributed by atoms with Gasteiger partial charge in [0.2, 0.25) is 0 Å². The van der Waals surface area contributed by atoms with Gasteiger partial charge in [0.1, 0.15) is 10.7 Å². The van der Waals surface area contributed by atoms with Crippen LogP contribution in [0, 0.1) is 3.95 Å². The number of hydrogen-bond acceptors (Lipinski definition) is 5. The van der Waals surface area contributed by atoms with Crippen LogP contribution in [0.25, 0.3) is 5.69 Å². The first-order chi connectivity index (χ1) is 10.6. The fraction of sp³-hybridized carbons (Fsp3) is 0.286. The molecule has 0 bridgehead atoms. The van der Waals surface area contributed by atoms with Crippen molar-refractivity contribution in [2.24, 2.45) is 0 Å². The van der Waals surface area contributed by atoms with Crippen LogP contribution >= 0.6 is 39.5 Å². The number of nitrogen functional groups attached to an aromatic ring is 1. The fourth-order valence-corrected chi connectivity index (χ4v) is 3.88. The minimum Gasteiger partial charge on any atom is -0.383 e. The van der Waals surface area contributed by atoms with Crippen molar-refractivity contribution in [2.75, 3.05) is 32.0 Å². The lowest BCUT2D eigenvalue weighted by Gasteiger charge is -2.26. The zero-order valence-electron chi connectivity index (χ0n) is 11.6. The molecule has 1 aromatic heterocycles. The molecule has 5 nitrogen and oxygen atoms in total. The molecule has 1 amide bonds. The predicted molar refractivity (Wildman–Crippen MR) is 93.3 cm³/mol. The van der Waals surface area contributed by atoms with E-state index in [-0.39, 0.29) is 5.91 Å². The molecule has 3 rings (SSSR count). The normalized spacial score (nSPS) is 15.0. The lowest BCUT2D eigenvalue weighted by Crippen LogP contribution is -2.40. The maximum absolute atomic E-state index is 12.6. The summed E-state index contributed by atoms with van der Waals surface area (Å²) in [6, 6.07) is 7.65. The van der Waals surface area contributed by atoms with Gasteiger partial charge in [-0.1, -0.05) is 27.3 Å². The Bertz CT molecular complexity index is 748. The quantitative estimate of drug-likeness (QED) is 0.788. The van der Waals surface area contributed by atoms with Crippen LogP contribution in [0.5, 0.6) is 0 Å². The Morgan fingerprint density at radius 2 is 1.91 bits per heavy atom. The molecular formula is C14H14BrN3O2S2. The third-order valence-electron chi connectivity index (χ3n) is 3.42. The lowest BCUT2D eigenvalue weighted by molar-refractivity contribution is 0.0306. The molecule has 0 aliphatic carbocycles. The van der Waals surface area contributed by atoms with E-state index in [0.717, 1.165) is 10.2 Å². The van der Waals surface area contributed by atoms with E-state index in [1.165, 1.54) is 11.3 Å². The molecule has 1 aromatic carbocycles. The Hall–Kier alpha value is -1.22. The number of rotatable bonds is 2. The van der Waals surface area contributed by atoms with Gasteiger partial charge in [0.15, 0.2) is 3.95 Å². The highest BCUT2D eigenvalue weighted by Gasteiger charge is 2.24. The number of carbonyl (C=O) groups is 1. The van der Waals surface area contributed by atoms with Crippen molar-refractivity contribution >= 4 is 51.2 Å². The van der Waals surface area contributed by atoms with E-state index in [0.29, 0.717) is 41.0 Å². The molecule has 2 aromatic rings. The van der Waals surface area contributed by atoms with Gasteiger partial charge < -0.3 is 15.4 Å². The van der Waals surface area contributed by atoms with Crippen molar-refractivity contribution in [2.45, 2.75) is 0 Å². The van der Waals surface area contributed by atoms with Gasteiger partial charge in [0.05, 0.1) is 13.2 Å². The molecule has 2 heterocycles. The second-order valence-corrected chi connectivity index (χ2v) is 7.36. The summed E-state index contributed by atoms with van der Waals surface area (Å²) >= 11 is 10.0. The van der Waals surface area contributed by atoms with E-state index < -0.39 is 0 Å². The average molecular weight is 400 g/mol. The molecule has 1 aliphatic heterocycles. The average Bonchev–Trinajstić information content (AvgIpc) is 2.83. The Kier molecular flexibility index (Phi) is 4.62. The first-order valence-electron chi connectivity index (χ1n) is 6.72. The summed E-state index contributed by atoms with van der Waals surface area (Å²) in [5.74, 6) is 0.321. The van der Waals surface area contributed by atoms with E-state index in [9.17, 15) is 4.79 Å². The van der Waals surface area contributed by atoms with Crippen LogP contribution in [0.3, 0.4) is 0 Å². The number of benzene rings is 1. The standard InChI is InChI=1S/C14H14BrN3O2S2/c15-9-1-3-10(4-2-9)18-12(16)11(22-14(18)21)13(19)17-5-7-20-8-6-17/h1-4H,5-8,16H2. The molecule has 0 spiro atoms. The molecule has 2 N–H and O–H groups in total. The maximum Gasteiger partial charge on any atom is 0.267 e. The molecule has 0 saturated carbocycles. The number of morpholine rings is 1. The molecule has 0 radical (unpaired) electrons. The monoisotopic (exact) mass is 399 g/mol. The first kappa shape index (κ1) is 15.7. The highest BCUT2D eigenvalue weighted by Crippen LogP contribution is 2.28. The Morgan fingerprint density at radius 1 is 1.27 bits per heavy atom. The van der Waals surface area contributed by atoms with E-state index in [1.807, 2.05) is 24.3 Å². The Balaban J connectivity index is 1.97.